The Labute approximate surface area is 166 Å². The number of carbonyl (C=O) groups excluding carboxylic acids is 1. The second kappa shape index (κ2) is 10.4. The van der Waals surface area contributed by atoms with Crippen molar-refractivity contribution in [3.8, 4) is 5.75 Å². The zero-order chi connectivity index (χ0) is 19.8. The van der Waals surface area contributed by atoms with Crippen LogP contribution >= 0.6 is 0 Å². The van der Waals surface area contributed by atoms with E-state index in [9.17, 15) is 9.90 Å². The topological polar surface area (TPSA) is 59.0 Å². The molecule has 1 heterocycles. The third kappa shape index (κ3) is 6.44. The molecule has 0 saturated carbocycles. The predicted molar refractivity (Wildman–Crippen MR) is 109 cm³/mol. The number of benzene rings is 2. The number of hydrogen-bond donors (Lipinski definition) is 1. The van der Waals surface area contributed by atoms with E-state index < -0.39 is 6.10 Å². The Balaban J connectivity index is 1.55. The first-order valence-electron chi connectivity index (χ1n) is 9.88. The fourth-order valence-corrected chi connectivity index (χ4v) is 3.42. The number of aldehydes is 1. The lowest BCUT2D eigenvalue weighted by Crippen LogP contribution is -2.39. The van der Waals surface area contributed by atoms with Gasteiger partial charge in [0.1, 0.15) is 24.7 Å². The van der Waals surface area contributed by atoms with Crippen LogP contribution in [0.5, 0.6) is 5.75 Å². The van der Waals surface area contributed by atoms with Gasteiger partial charge in [-0.15, -0.1) is 0 Å². The molecule has 0 amide bonds. The highest BCUT2D eigenvalue weighted by Crippen LogP contribution is 2.16. The van der Waals surface area contributed by atoms with Gasteiger partial charge in [0.15, 0.2) is 0 Å². The van der Waals surface area contributed by atoms with E-state index in [-0.39, 0.29) is 12.7 Å². The van der Waals surface area contributed by atoms with Crippen LogP contribution in [0.4, 0.5) is 0 Å². The average molecular weight is 383 g/mol. The van der Waals surface area contributed by atoms with Gasteiger partial charge in [-0.3, -0.25) is 9.69 Å². The Bertz CT molecular complexity index is 723. The maximum atomic E-state index is 10.7. The van der Waals surface area contributed by atoms with Gasteiger partial charge in [0.25, 0.3) is 0 Å². The van der Waals surface area contributed by atoms with Crippen molar-refractivity contribution < 1.29 is 19.4 Å². The number of hydrogen-bond acceptors (Lipinski definition) is 5. The molecule has 2 unspecified atom stereocenters. The van der Waals surface area contributed by atoms with Crippen LogP contribution in [-0.4, -0.2) is 54.8 Å². The summed E-state index contributed by atoms with van der Waals surface area (Å²) in [5.41, 5.74) is 3.07. The van der Waals surface area contributed by atoms with E-state index in [1.54, 1.807) is 24.3 Å². The minimum absolute atomic E-state index is 0.205. The van der Waals surface area contributed by atoms with Crippen molar-refractivity contribution in [2.75, 3.05) is 26.3 Å². The van der Waals surface area contributed by atoms with E-state index in [1.807, 2.05) is 0 Å². The minimum Gasteiger partial charge on any atom is -0.491 e. The van der Waals surface area contributed by atoms with Gasteiger partial charge in [-0.05, 0) is 49.6 Å². The van der Waals surface area contributed by atoms with E-state index in [2.05, 4.69) is 36.1 Å². The number of nitrogens with zero attached hydrogens (tertiary/aromatic N) is 1. The minimum atomic E-state index is -0.613. The zero-order valence-electron chi connectivity index (χ0n) is 16.4. The number of aliphatic hydroxyl groups is 1. The van der Waals surface area contributed by atoms with Gasteiger partial charge in [-0.25, -0.2) is 0 Å². The molecule has 0 spiro atoms. The molecular weight excluding hydrogens is 354 g/mol. The van der Waals surface area contributed by atoms with Gasteiger partial charge in [0, 0.05) is 31.8 Å². The van der Waals surface area contributed by atoms with Crippen molar-refractivity contribution in [1.82, 2.24) is 4.90 Å². The largest absolute Gasteiger partial charge is 0.491 e. The molecule has 1 aliphatic heterocycles. The highest BCUT2D eigenvalue weighted by Gasteiger charge is 2.21. The lowest BCUT2D eigenvalue weighted by atomic mass is 10.1. The Morgan fingerprint density at radius 1 is 1.21 bits per heavy atom. The Kier molecular flexibility index (Phi) is 7.60. The molecule has 2 atom stereocenters. The first-order chi connectivity index (χ1) is 13.6. The summed E-state index contributed by atoms with van der Waals surface area (Å²) in [5.74, 6) is 0.647. The summed E-state index contributed by atoms with van der Waals surface area (Å²) < 4.78 is 11.5. The van der Waals surface area contributed by atoms with Crippen LogP contribution in [-0.2, 0) is 11.3 Å². The fraction of sp³-hybridized carbons (Fsp3) is 0.435. The summed E-state index contributed by atoms with van der Waals surface area (Å²) in [6.07, 6.45) is 2.59. The van der Waals surface area contributed by atoms with Crippen LogP contribution in [0.3, 0.4) is 0 Å². The van der Waals surface area contributed by atoms with E-state index in [1.165, 1.54) is 11.1 Å². The molecule has 0 aromatic heterocycles. The van der Waals surface area contributed by atoms with Crippen molar-refractivity contribution >= 4 is 6.29 Å². The smallest absolute Gasteiger partial charge is 0.150 e. The van der Waals surface area contributed by atoms with Gasteiger partial charge in [-0.1, -0.05) is 29.8 Å². The molecule has 1 saturated heterocycles. The summed E-state index contributed by atoms with van der Waals surface area (Å²) in [6.45, 7) is 5.20. The molecule has 0 radical (unpaired) electrons. The van der Waals surface area contributed by atoms with Crippen LogP contribution in [0.1, 0.15) is 34.3 Å². The quantitative estimate of drug-likeness (QED) is 0.639. The number of rotatable bonds is 10. The molecule has 2 aromatic carbocycles. The first kappa shape index (κ1) is 20.5. The van der Waals surface area contributed by atoms with Crippen LogP contribution in [0, 0.1) is 6.92 Å². The summed E-state index contributed by atoms with van der Waals surface area (Å²) in [5, 5.41) is 10.5. The van der Waals surface area contributed by atoms with Crippen LogP contribution in [0.25, 0.3) is 0 Å². The summed E-state index contributed by atoms with van der Waals surface area (Å²) in [4.78, 5) is 13.0. The van der Waals surface area contributed by atoms with E-state index >= 15 is 0 Å². The van der Waals surface area contributed by atoms with Crippen molar-refractivity contribution in [1.29, 1.82) is 0 Å². The SMILES string of the molecule is Cc1ccc(CN(CC(O)COc2ccc(C=O)cc2)CC2CCCO2)cc1. The normalized spacial score (nSPS) is 17.6. The van der Waals surface area contributed by atoms with E-state index in [4.69, 9.17) is 9.47 Å². The van der Waals surface area contributed by atoms with Gasteiger partial charge < -0.3 is 14.6 Å². The van der Waals surface area contributed by atoms with E-state index in [0.29, 0.717) is 17.9 Å². The number of carbonyl (C=O) groups is 1. The molecule has 5 nitrogen and oxygen atoms in total. The Morgan fingerprint density at radius 2 is 1.96 bits per heavy atom. The van der Waals surface area contributed by atoms with Crippen LogP contribution in [0.15, 0.2) is 48.5 Å². The predicted octanol–water partition coefficient (Wildman–Crippen LogP) is 3.23. The molecule has 1 aliphatic rings. The lowest BCUT2D eigenvalue weighted by molar-refractivity contribution is 0.0313. The lowest BCUT2D eigenvalue weighted by Gasteiger charge is -2.27. The summed E-state index contributed by atoms with van der Waals surface area (Å²) >= 11 is 0. The Hall–Kier alpha value is -2.21. The molecule has 1 N–H and O–H groups in total. The number of aliphatic hydroxyl groups excluding tert-OH is 1. The van der Waals surface area contributed by atoms with Gasteiger partial charge >= 0.3 is 0 Å². The third-order valence-electron chi connectivity index (χ3n) is 4.94. The van der Waals surface area contributed by atoms with Crippen LogP contribution in [0.2, 0.25) is 0 Å². The zero-order valence-corrected chi connectivity index (χ0v) is 16.4. The average Bonchev–Trinajstić information content (AvgIpc) is 3.21. The van der Waals surface area contributed by atoms with Crippen molar-refractivity contribution in [2.45, 2.75) is 38.5 Å². The van der Waals surface area contributed by atoms with E-state index in [0.717, 1.165) is 38.8 Å². The fourth-order valence-electron chi connectivity index (χ4n) is 3.42. The molecule has 5 heteroatoms. The standard InChI is InChI=1S/C23H29NO4/c1-18-4-6-19(7-5-18)13-24(15-23-3-2-12-27-23)14-21(26)17-28-22-10-8-20(16-25)9-11-22/h4-11,16,21,23,26H,2-3,12-15,17H2,1H3. The molecule has 28 heavy (non-hydrogen) atoms. The molecule has 1 fully saturated rings. The maximum absolute atomic E-state index is 10.7. The summed E-state index contributed by atoms with van der Waals surface area (Å²) in [7, 11) is 0. The highest BCUT2D eigenvalue weighted by molar-refractivity contribution is 5.74. The molecule has 2 aromatic rings. The molecule has 0 aliphatic carbocycles. The highest BCUT2D eigenvalue weighted by atomic mass is 16.5. The van der Waals surface area contributed by atoms with Gasteiger partial charge in [-0.2, -0.15) is 0 Å². The molecule has 3 rings (SSSR count). The van der Waals surface area contributed by atoms with Crippen molar-refractivity contribution in [2.24, 2.45) is 0 Å². The second-order valence-electron chi connectivity index (χ2n) is 7.47. The van der Waals surface area contributed by atoms with Crippen molar-refractivity contribution in [3.63, 3.8) is 0 Å². The van der Waals surface area contributed by atoms with Gasteiger partial charge in [0.05, 0.1) is 6.10 Å². The number of ether oxygens (including phenoxy) is 2. The molecule has 0 bridgehead atoms. The monoisotopic (exact) mass is 383 g/mol. The molecule has 150 valence electrons. The van der Waals surface area contributed by atoms with Crippen LogP contribution < -0.4 is 4.74 Å². The van der Waals surface area contributed by atoms with Crippen molar-refractivity contribution in [3.05, 3.63) is 65.2 Å². The number of aryl methyl sites for hydroxylation is 1. The maximum Gasteiger partial charge on any atom is 0.150 e. The summed E-state index contributed by atoms with van der Waals surface area (Å²) in [6, 6.07) is 15.4. The molecular formula is C23H29NO4. The first-order valence-corrected chi connectivity index (χ1v) is 9.88. The second-order valence-corrected chi connectivity index (χ2v) is 7.47. The Morgan fingerprint density at radius 3 is 2.61 bits per heavy atom. The third-order valence-corrected chi connectivity index (χ3v) is 4.94. The van der Waals surface area contributed by atoms with Gasteiger partial charge in [0.2, 0.25) is 0 Å².